The van der Waals surface area contributed by atoms with Crippen LogP contribution in [0.1, 0.15) is 11.1 Å². The molecule has 0 aliphatic rings. The number of sulfonamides is 1. The molecular weight excluding hydrogens is 394 g/mol. The Balaban J connectivity index is 1.90. The maximum absolute atomic E-state index is 12.6. The molecule has 0 saturated heterocycles. The molecule has 148 valence electrons. The number of anilines is 1. The van der Waals surface area contributed by atoms with Gasteiger partial charge in [-0.3, -0.25) is 19.8 Å². The summed E-state index contributed by atoms with van der Waals surface area (Å²) in [5.74, 6) is -0.696. The third-order valence-electron chi connectivity index (χ3n) is 4.01. The molecule has 3 rings (SSSR count). The monoisotopic (exact) mass is 410 g/mol. The molecule has 0 saturated carbocycles. The van der Waals surface area contributed by atoms with Crippen LogP contribution in [0, 0.1) is 17.0 Å². The van der Waals surface area contributed by atoms with Crippen molar-refractivity contribution in [2.45, 2.75) is 11.8 Å². The van der Waals surface area contributed by atoms with Gasteiger partial charge in [-0.2, -0.15) is 0 Å². The normalized spacial score (nSPS) is 11.5. The number of nitro benzene ring substituents is 1. The van der Waals surface area contributed by atoms with Crippen LogP contribution in [0.15, 0.2) is 76.6 Å². The van der Waals surface area contributed by atoms with Crippen LogP contribution in [0.3, 0.4) is 0 Å². The number of hydrogen-bond acceptors (Lipinski definition) is 6. The number of nitrogens with one attached hydrogen (secondary N) is 1. The molecule has 0 spiro atoms. The first-order valence-corrected chi connectivity index (χ1v) is 9.92. The summed E-state index contributed by atoms with van der Waals surface area (Å²) in [4.78, 5) is 14.5. The van der Waals surface area contributed by atoms with Crippen molar-refractivity contribution in [2.75, 3.05) is 4.72 Å². The van der Waals surface area contributed by atoms with Gasteiger partial charge in [-0.25, -0.2) is 8.42 Å². The van der Waals surface area contributed by atoms with Crippen LogP contribution in [0.25, 0.3) is 0 Å². The zero-order valence-corrected chi connectivity index (χ0v) is 16.1. The molecule has 0 atom stereocenters. The van der Waals surface area contributed by atoms with Gasteiger partial charge in [-0.05, 0) is 42.5 Å². The Bertz CT molecular complexity index is 1190. The summed E-state index contributed by atoms with van der Waals surface area (Å²) in [6, 6.07) is 16.5. The molecule has 3 aromatic carbocycles. The molecule has 29 heavy (non-hydrogen) atoms. The SMILES string of the molecule is Cc1ccc(S(=O)(=O)Nc2ccccc2N=Cc2ccc([O-])c([N+](=O)[O-])c2)cc1. The molecule has 8 nitrogen and oxygen atoms in total. The Morgan fingerprint density at radius 3 is 2.41 bits per heavy atom. The van der Waals surface area contributed by atoms with Crippen LogP contribution in [0.5, 0.6) is 5.75 Å². The fraction of sp³-hybridized carbons (Fsp3) is 0.0500. The van der Waals surface area contributed by atoms with E-state index in [1.165, 1.54) is 24.4 Å². The topological polar surface area (TPSA) is 125 Å². The zero-order valence-electron chi connectivity index (χ0n) is 15.3. The molecule has 0 bridgehead atoms. The highest BCUT2D eigenvalue weighted by atomic mass is 32.2. The second-order valence-corrected chi connectivity index (χ2v) is 7.86. The van der Waals surface area contributed by atoms with E-state index >= 15 is 0 Å². The van der Waals surface area contributed by atoms with Crippen LogP contribution in [0.2, 0.25) is 0 Å². The average molecular weight is 410 g/mol. The van der Waals surface area contributed by atoms with Crippen molar-refractivity contribution in [3.8, 4) is 5.75 Å². The van der Waals surface area contributed by atoms with Crippen molar-refractivity contribution in [3.63, 3.8) is 0 Å². The van der Waals surface area contributed by atoms with E-state index in [0.717, 1.165) is 17.7 Å². The minimum Gasteiger partial charge on any atom is -0.868 e. The number of para-hydroxylation sites is 2. The standard InChI is InChI=1S/C20H17N3O5S/c1-14-6-9-16(10-7-14)29(27,28)22-18-5-3-2-4-17(18)21-13-15-8-11-20(24)19(12-15)23(25)26/h2-13,22,24H,1H3/p-1. The summed E-state index contributed by atoms with van der Waals surface area (Å²) < 4.78 is 27.7. The second kappa shape index (κ2) is 8.11. The number of benzene rings is 3. The Morgan fingerprint density at radius 1 is 1.03 bits per heavy atom. The van der Waals surface area contributed by atoms with E-state index in [1.54, 1.807) is 36.4 Å². The fourth-order valence-corrected chi connectivity index (χ4v) is 3.57. The van der Waals surface area contributed by atoms with Gasteiger partial charge < -0.3 is 5.11 Å². The molecule has 0 heterocycles. The summed E-state index contributed by atoms with van der Waals surface area (Å²) in [6.45, 7) is 1.86. The van der Waals surface area contributed by atoms with Gasteiger partial charge in [0, 0.05) is 12.3 Å². The molecular formula is C20H16N3O5S-. The lowest BCUT2D eigenvalue weighted by atomic mass is 10.2. The van der Waals surface area contributed by atoms with Gasteiger partial charge in [-0.1, -0.05) is 42.0 Å². The van der Waals surface area contributed by atoms with E-state index in [1.807, 2.05) is 6.92 Å². The van der Waals surface area contributed by atoms with E-state index in [4.69, 9.17) is 0 Å². The predicted octanol–water partition coefficient (Wildman–Crippen LogP) is 3.53. The van der Waals surface area contributed by atoms with Gasteiger partial charge in [0.25, 0.3) is 15.7 Å². The molecule has 0 unspecified atom stereocenters. The van der Waals surface area contributed by atoms with Gasteiger partial charge in [0.2, 0.25) is 0 Å². The lowest BCUT2D eigenvalue weighted by molar-refractivity contribution is -0.398. The molecule has 0 fully saturated rings. The average Bonchev–Trinajstić information content (AvgIpc) is 2.68. The van der Waals surface area contributed by atoms with Crippen molar-refractivity contribution < 1.29 is 18.4 Å². The van der Waals surface area contributed by atoms with Gasteiger partial charge in [0.1, 0.15) is 0 Å². The molecule has 0 radical (unpaired) electrons. The molecule has 0 aliphatic heterocycles. The van der Waals surface area contributed by atoms with E-state index in [0.29, 0.717) is 11.3 Å². The molecule has 0 aromatic heterocycles. The van der Waals surface area contributed by atoms with Gasteiger partial charge >= 0.3 is 0 Å². The quantitative estimate of drug-likeness (QED) is 0.378. The maximum Gasteiger partial charge on any atom is 0.262 e. The highest BCUT2D eigenvalue weighted by Gasteiger charge is 2.15. The second-order valence-electron chi connectivity index (χ2n) is 6.18. The minimum atomic E-state index is -3.81. The van der Waals surface area contributed by atoms with E-state index < -0.39 is 26.4 Å². The summed E-state index contributed by atoms with van der Waals surface area (Å²) in [5, 5.41) is 22.4. The van der Waals surface area contributed by atoms with Crippen LogP contribution in [-0.2, 0) is 10.0 Å². The summed E-state index contributed by atoms with van der Waals surface area (Å²) in [5.41, 5.74) is 1.29. The Labute approximate surface area is 167 Å². The van der Waals surface area contributed by atoms with E-state index in [9.17, 15) is 23.6 Å². The van der Waals surface area contributed by atoms with Crippen LogP contribution < -0.4 is 9.83 Å². The number of aliphatic imine (C=N–C) groups is 1. The highest BCUT2D eigenvalue weighted by molar-refractivity contribution is 7.92. The van der Waals surface area contributed by atoms with Crippen molar-refractivity contribution in [1.29, 1.82) is 0 Å². The lowest BCUT2D eigenvalue weighted by Gasteiger charge is -2.10. The summed E-state index contributed by atoms with van der Waals surface area (Å²) >= 11 is 0. The van der Waals surface area contributed by atoms with Gasteiger partial charge in [0.15, 0.2) is 0 Å². The van der Waals surface area contributed by atoms with Crippen molar-refractivity contribution >= 4 is 33.3 Å². The van der Waals surface area contributed by atoms with Gasteiger partial charge in [0.05, 0.1) is 21.2 Å². The Kier molecular flexibility index (Phi) is 5.60. The minimum absolute atomic E-state index is 0.114. The van der Waals surface area contributed by atoms with Crippen LogP contribution in [0.4, 0.5) is 17.1 Å². The van der Waals surface area contributed by atoms with E-state index in [-0.39, 0.29) is 10.6 Å². The number of nitro groups is 1. The Hall–Kier alpha value is -3.72. The smallest absolute Gasteiger partial charge is 0.262 e. The zero-order chi connectivity index (χ0) is 21.0. The predicted molar refractivity (Wildman–Crippen MR) is 108 cm³/mol. The number of aryl methyl sites for hydroxylation is 1. The summed E-state index contributed by atoms with van der Waals surface area (Å²) in [7, 11) is -3.81. The summed E-state index contributed by atoms with van der Waals surface area (Å²) in [6.07, 6.45) is 1.32. The first kappa shape index (κ1) is 20.0. The van der Waals surface area contributed by atoms with Crippen molar-refractivity contribution in [1.82, 2.24) is 0 Å². The molecule has 0 amide bonds. The number of hydrogen-bond donors (Lipinski definition) is 1. The Morgan fingerprint density at radius 2 is 1.72 bits per heavy atom. The molecule has 3 aromatic rings. The van der Waals surface area contributed by atoms with Crippen LogP contribution >= 0.6 is 0 Å². The fourth-order valence-electron chi connectivity index (χ4n) is 2.50. The van der Waals surface area contributed by atoms with Crippen LogP contribution in [-0.4, -0.2) is 19.6 Å². The maximum atomic E-state index is 12.6. The lowest BCUT2D eigenvalue weighted by Crippen LogP contribution is -2.13. The third kappa shape index (κ3) is 4.77. The highest BCUT2D eigenvalue weighted by Crippen LogP contribution is 2.28. The number of rotatable bonds is 6. The molecule has 0 aliphatic carbocycles. The largest absolute Gasteiger partial charge is 0.868 e. The number of nitrogens with zero attached hydrogens (tertiary/aromatic N) is 2. The van der Waals surface area contributed by atoms with E-state index in [2.05, 4.69) is 9.71 Å². The van der Waals surface area contributed by atoms with Crippen molar-refractivity contribution in [2.24, 2.45) is 4.99 Å². The molecule has 9 heteroatoms. The molecule has 1 N–H and O–H groups in total. The van der Waals surface area contributed by atoms with Gasteiger partial charge in [-0.15, -0.1) is 0 Å². The first-order chi connectivity index (χ1) is 13.8. The third-order valence-corrected chi connectivity index (χ3v) is 5.39. The van der Waals surface area contributed by atoms with Crippen molar-refractivity contribution in [3.05, 3.63) is 88.0 Å². The first-order valence-electron chi connectivity index (χ1n) is 8.44.